The Kier molecular flexibility index (Phi) is 3.14. The summed E-state index contributed by atoms with van der Waals surface area (Å²) in [5.74, 6) is 1.54. The summed E-state index contributed by atoms with van der Waals surface area (Å²) in [5, 5.41) is 0. The number of rotatable bonds is 2. The maximum absolute atomic E-state index is 6.26. The summed E-state index contributed by atoms with van der Waals surface area (Å²) in [6.07, 6.45) is 6.16. The van der Waals surface area contributed by atoms with Crippen LogP contribution in [0.15, 0.2) is 66.7 Å². The molecule has 3 atom stereocenters. The molecule has 0 saturated heterocycles. The van der Waals surface area contributed by atoms with Crippen molar-refractivity contribution in [3.05, 3.63) is 72.3 Å². The molecule has 2 aromatic rings. The third kappa shape index (κ3) is 2.09. The monoisotopic (exact) mass is 328 g/mol. The molecule has 0 aromatic heterocycles. The Hall–Kier alpha value is -1.50. The first-order valence-electron chi connectivity index (χ1n) is 7.06. The molecule has 0 bridgehead atoms. The molecule has 0 unspecified atom stereocenters. The summed E-state index contributed by atoms with van der Waals surface area (Å²) in [7, 11) is 0. The fourth-order valence-corrected chi connectivity index (χ4v) is 5.64. The molecule has 4 rings (SSSR count). The summed E-state index contributed by atoms with van der Waals surface area (Å²) < 4.78 is 7.73. The molecule has 1 aliphatic heterocycles. The quantitative estimate of drug-likeness (QED) is 0.607. The zero-order valence-corrected chi connectivity index (χ0v) is 12.8. The van der Waals surface area contributed by atoms with Gasteiger partial charge in [-0.15, -0.1) is 0 Å². The number of ether oxygens (including phenoxy) is 1. The van der Waals surface area contributed by atoms with Crippen LogP contribution in [0.5, 0.6) is 5.75 Å². The molecular weight excluding hydrogens is 311 g/mol. The van der Waals surface area contributed by atoms with Crippen LogP contribution in [0.4, 0.5) is 0 Å². The topological polar surface area (TPSA) is 9.23 Å². The van der Waals surface area contributed by atoms with Gasteiger partial charge in [0.15, 0.2) is 0 Å². The molecular formula is C18H16OSe. The van der Waals surface area contributed by atoms with Crippen LogP contribution in [0, 0.1) is 0 Å². The molecule has 20 heavy (non-hydrogen) atoms. The van der Waals surface area contributed by atoms with Crippen LogP contribution >= 0.6 is 0 Å². The number of benzene rings is 2. The zero-order valence-electron chi connectivity index (χ0n) is 11.1. The van der Waals surface area contributed by atoms with E-state index in [1.165, 1.54) is 10.0 Å². The molecule has 1 nitrogen and oxygen atoms in total. The van der Waals surface area contributed by atoms with Crippen LogP contribution in [0.25, 0.3) is 0 Å². The normalized spacial score (nSPS) is 26.7. The van der Waals surface area contributed by atoms with Crippen molar-refractivity contribution in [2.24, 2.45) is 0 Å². The molecule has 1 aliphatic carbocycles. The molecule has 2 heteroatoms. The Labute approximate surface area is 125 Å². The van der Waals surface area contributed by atoms with Crippen molar-refractivity contribution in [2.45, 2.75) is 23.3 Å². The van der Waals surface area contributed by atoms with Gasteiger partial charge >= 0.3 is 125 Å². The first-order valence-corrected chi connectivity index (χ1v) is 8.90. The summed E-state index contributed by atoms with van der Waals surface area (Å²) in [6.45, 7) is 0. The van der Waals surface area contributed by atoms with Crippen molar-refractivity contribution in [2.75, 3.05) is 0 Å². The predicted molar refractivity (Wildman–Crippen MR) is 82.9 cm³/mol. The van der Waals surface area contributed by atoms with Crippen LogP contribution in [-0.2, 0) is 0 Å². The molecule has 0 spiro atoms. The number of hydrogen-bond acceptors (Lipinski definition) is 1. The van der Waals surface area contributed by atoms with E-state index in [0.29, 0.717) is 31.8 Å². The van der Waals surface area contributed by atoms with Crippen LogP contribution < -0.4 is 9.20 Å². The number of fused-ring (bicyclic) bond motifs is 3. The molecule has 0 fully saturated rings. The zero-order chi connectivity index (χ0) is 13.4. The van der Waals surface area contributed by atoms with Crippen molar-refractivity contribution in [1.82, 2.24) is 0 Å². The van der Waals surface area contributed by atoms with E-state index in [9.17, 15) is 0 Å². The van der Waals surface area contributed by atoms with E-state index in [0.717, 1.165) is 12.2 Å². The van der Waals surface area contributed by atoms with Gasteiger partial charge in [0.05, 0.1) is 0 Å². The molecule has 0 radical (unpaired) electrons. The van der Waals surface area contributed by atoms with Crippen molar-refractivity contribution in [3.8, 4) is 5.75 Å². The Morgan fingerprint density at radius 1 is 0.950 bits per heavy atom. The molecule has 2 aliphatic rings. The van der Waals surface area contributed by atoms with Gasteiger partial charge in [-0.3, -0.25) is 0 Å². The molecule has 100 valence electrons. The summed E-state index contributed by atoms with van der Waals surface area (Å²) in [6, 6.07) is 19.3. The van der Waals surface area contributed by atoms with Gasteiger partial charge in [0.1, 0.15) is 0 Å². The van der Waals surface area contributed by atoms with Crippen molar-refractivity contribution in [1.29, 1.82) is 0 Å². The van der Waals surface area contributed by atoms with Gasteiger partial charge in [0.25, 0.3) is 0 Å². The number of allylic oxidation sites excluding steroid dienone is 1. The molecule has 1 heterocycles. The average Bonchev–Trinajstić information content (AvgIpc) is 2.88. The van der Waals surface area contributed by atoms with Crippen LogP contribution in [-0.4, -0.2) is 21.1 Å². The van der Waals surface area contributed by atoms with E-state index in [2.05, 4.69) is 66.7 Å². The summed E-state index contributed by atoms with van der Waals surface area (Å²) in [5.41, 5.74) is 1.36. The maximum atomic E-state index is 6.26. The van der Waals surface area contributed by atoms with Crippen LogP contribution in [0.1, 0.15) is 17.9 Å². The van der Waals surface area contributed by atoms with E-state index in [4.69, 9.17) is 4.74 Å². The van der Waals surface area contributed by atoms with E-state index >= 15 is 0 Å². The predicted octanol–water partition coefficient (Wildman–Crippen LogP) is 3.31. The van der Waals surface area contributed by atoms with Gasteiger partial charge in [0, 0.05) is 0 Å². The van der Waals surface area contributed by atoms with E-state index in [1.54, 1.807) is 0 Å². The van der Waals surface area contributed by atoms with Gasteiger partial charge in [-0.1, -0.05) is 0 Å². The van der Waals surface area contributed by atoms with Gasteiger partial charge in [-0.2, -0.15) is 0 Å². The van der Waals surface area contributed by atoms with Crippen LogP contribution in [0.2, 0.25) is 4.82 Å². The average molecular weight is 327 g/mol. The Balaban J connectivity index is 1.61. The summed E-state index contributed by atoms with van der Waals surface area (Å²) in [4.78, 5) is 0.632. The molecule has 0 saturated carbocycles. The van der Waals surface area contributed by atoms with Gasteiger partial charge in [-0.25, -0.2) is 0 Å². The Morgan fingerprint density at radius 3 is 2.65 bits per heavy atom. The minimum absolute atomic E-state index is 0.331. The third-order valence-electron chi connectivity index (χ3n) is 4.00. The number of hydrogen-bond donors (Lipinski definition) is 0. The van der Waals surface area contributed by atoms with Gasteiger partial charge < -0.3 is 0 Å². The second kappa shape index (κ2) is 5.12. The first kappa shape index (κ1) is 12.3. The first-order chi connectivity index (χ1) is 9.92. The molecule has 2 aromatic carbocycles. The Bertz CT molecular complexity index is 635. The molecule has 0 N–H and O–H groups in total. The van der Waals surface area contributed by atoms with Gasteiger partial charge in [0.2, 0.25) is 0 Å². The van der Waals surface area contributed by atoms with Crippen LogP contribution in [0.3, 0.4) is 0 Å². The Morgan fingerprint density at radius 2 is 1.75 bits per heavy atom. The van der Waals surface area contributed by atoms with Crippen molar-refractivity contribution >= 4 is 19.4 Å². The van der Waals surface area contributed by atoms with Gasteiger partial charge in [-0.05, 0) is 0 Å². The summed E-state index contributed by atoms with van der Waals surface area (Å²) >= 11 is 0.469. The fourth-order valence-electron chi connectivity index (χ4n) is 3.06. The fraction of sp³-hybridized carbons (Fsp3) is 0.222. The standard InChI is InChI=1S/C18H16OSe/c1-2-7-13(8-3-1)20-17-12-6-10-15-14-9-4-5-11-16(14)19-18(15)17/h1-11,15,17-18H,12H2/t15-,17+,18+/m0/s1. The minimum atomic E-state index is 0.331. The van der Waals surface area contributed by atoms with Crippen molar-refractivity contribution < 1.29 is 4.74 Å². The van der Waals surface area contributed by atoms with E-state index in [1.807, 2.05) is 0 Å². The SMILES string of the molecule is C1=C[C@H]2c3ccccc3O[C@H]2[C@H]([Se]c2ccccc2)C1. The second-order valence-corrected chi connectivity index (χ2v) is 8.03. The third-order valence-corrected chi connectivity index (χ3v) is 6.75. The molecule has 0 amide bonds. The second-order valence-electron chi connectivity index (χ2n) is 5.28. The van der Waals surface area contributed by atoms with E-state index < -0.39 is 0 Å². The number of para-hydroxylation sites is 1. The van der Waals surface area contributed by atoms with Crippen molar-refractivity contribution in [3.63, 3.8) is 0 Å². The van der Waals surface area contributed by atoms with E-state index in [-0.39, 0.29) is 0 Å².